The summed E-state index contributed by atoms with van der Waals surface area (Å²) in [4.78, 5) is 17.4. The molecular weight excluding hydrogens is 312 g/mol. The molecule has 0 aliphatic carbocycles. The zero-order chi connectivity index (χ0) is 17.4. The molecule has 25 heavy (non-hydrogen) atoms. The van der Waals surface area contributed by atoms with Crippen molar-refractivity contribution in [3.05, 3.63) is 59.2 Å². The number of carbonyl (C=O) groups excluding carboxylic acids is 1. The van der Waals surface area contributed by atoms with Crippen LogP contribution < -0.4 is 9.64 Å². The van der Waals surface area contributed by atoms with Crippen molar-refractivity contribution in [2.45, 2.75) is 25.3 Å². The van der Waals surface area contributed by atoms with Crippen molar-refractivity contribution in [3.8, 4) is 5.75 Å². The number of ether oxygens (including phenoxy) is 1. The van der Waals surface area contributed by atoms with Gasteiger partial charge in [-0.15, -0.1) is 0 Å². The van der Waals surface area contributed by atoms with Gasteiger partial charge in [-0.2, -0.15) is 0 Å². The quantitative estimate of drug-likeness (QED) is 0.857. The zero-order valence-electron chi connectivity index (χ0n) is 14.9. The molecule has 4 heteroatoms. The molecule has 4 nitrogen and oxygen atoms in total. The highest BCUT2D eigenvalue weighted by atomic mass is 16.5. The molecular formula is C21H24N2O2. The molecule has 130 valence electrons. The van der Waals surface area contributed by atoms with Crippen molar-refractivity contribution in [3.63, 3.8) is 0 Å². The first-order chi connectivity index (χ1) is 12.2. The summed E-state index contributed by atoms with van der Waals surface area (Å²) in [5, 5.41) is 0. The number of hydrogen-bond donors (Lipinski definition) is 0. The van der Waals surface area contributed by atoms with E-state index in [-0.39, 0.29) is 11.9 Å². The highest BCUT2D eigenvalue weighted by molar-refractivity contribution is 5.96. The second-order valence-corrected chi connectivity index (χ2v) is 6.94. The predicted molar refractivity (Wildman–Crippen MR) is 99.4 cm³/mol. The van der Waals surface area contributed by atoms with Crippen LogP contribution in [0.15, 0.2) is 42.5 Å². The summed E-state index contributed by atoms with van der Waals surface area (Å²) in [6.45, 7) is 1.85. The Labute approximate surface area is 149 Å². The summed E-state index contributed by atoms with van der Waals surface area (Å²) < 4.78 is 5.24. The molecule has 0 N–H and O–H groups in total. The molecule has 0 unspecified atom stereocenters. The molecule has 2 aromatic carbocycles. The third-order valence-corrected chi connectivity index (χ3v) is 5.47. The summed E-state index contributed by atoms with van der Waals surface area (Å²) in [6, 6.07) is 14.4. The number of likely N-dealkylation sites (tertiary alicyclic amines) is 1. The van der Waals surface area contributed by atoms with Crippen LogP contribution in [0.2, 0.25) is 0 Å². The molecule has 4 rings (SSSR count). The molecule has 2 aliphatic rings. The third kappa shape index (κ3) is 2.86. The lowest BCUT2D eigenvalue weighted by Gasteiger charge is -2.26. The number of methoxy groups -OCH3 is 1. The van der Waals surface area contributed by atoms with E-state index in [1.54, 1.807) is 7.11 Å². The number of amides is 1. The van der Waals surface area contributed by atoms with Gasteiger partial charge in [-0.3, -0.25) is 4.79 Å². The van der Waals surface area contributed by atoms with Crippen molar-refractivity contribution in [1.82, 2.24) is 4.90 Å². The van der Waals surface area contributed by atoms with Crippen LogP contribution in [0.5, 0.6) is 5.75 Å². The van der Waals surface area contributed by atoms with Gasteiger partial charge in [0, 0.05) is 31.4 Å². The van der Waals surface area contributed by atoms with Gasteiger partial charge in [0.15, 0.2) is 0 Å². The standard InChI is InChI=1S/C21H24N2O2/c1-22-13-11-16-5-6-17(14-20(16)22)21(24)23-12-3-4-19(23)15-7-9-18(25-2)10-8-15/h5-10,14,19H,3-4,11-13H2,1-2H3/t19-/m0/s1. The Balaban J connectivity index is 1.59. The molecule has 0 bridgehead atoms. The van der Waals surface area contributed by atoms with Gasteiger partial charge in [-0.1, -0.05) is 18.2 Å². The van der Waals surface area contributed by atoms with Gasteiger partial charge in [-0.05, 0) is 54.7 Å². The van der Waals surface area contributed by atoms with Crippen molar-refractivity contribution in [2.24, 2.45) is 0 Å². The smallest absolute Gasteiger partial charge is 0.254 e. The Bertz CT molecular complexity index is 785. The van der Waals surface area contributed by atoms with E-state index < -0.39 is 0 Å². The molecule has 1 fully saturated rings. The first-order valence-electron chi connectivity index (χ1n) is 8.96. The van der Waals surface area contributed by atoms with E-state index in [0.717, 1.165) is 43.7 Å². The lowest BCUT2D eigenvalue weighted by Crippen LogP contribution is -2.30. The van der Waals surface area contributed by atoms with E-state index in [2.05, 4.69) is 36.2 Å². The fraction of sp³-hybridized carbons (Fsp3) is 0.381. The van der Waals surface area contributed by atoms with Crippen LogP contribution in [-0.2, 0) is 6.42 Å². The van der Waals surface area contributed by atoms with Crippen LogP contribution in [-0.4, -0.2) is 38.1 Å². The van der Waals surface area contributed by atoms with Crippen molar-refractivity contribution < 1.29 is 9.53 Å². The fourth-order valence-electron chi connectivity index (χ4n) is 4.02. The second-order valence-electron chi connectivity index (χ2n) is 6.94. The average Bonchev–Trinajstić information content (AvgIpc) is 3.28. The van der Waals surface area contributed by atoms with E-state index in [0.29, 0.717) is 0 Å². The third-order valence-electron chi connectivity index (χ3n) is 5.47. The maximum absolute atomic E-state index is 13.1. The Kier molecular flexibility index (Phi) is 4.12. The SMILES string of the molecule is COc1ccc([C@@H]2CCCN2C(=O)c2ccc3c(c2)N(C)CC3)cc1. The second kappa shape index (κ2) is 6.43. The number of rotatable bonds is 3. The van der Waals surface area contributed by atoms with Crippen LogP contribution in [0.4, 0.5) is 5.69 Å². The van der Waals surface area contributed by atoms with Gasteiger partial charge in [0.1, 0.15) is 5.75 Å². The highest BCUT2D eigenvalue weighted by Crippen LogP contribution is 2.35. The average molecular weight is 336 g/mol. The van der Waals surface area contributed by atoms with Crippen LogP contribution in [0.1, 0.15) is 40.4 Å². The van der Waals surface area contributed by atoms with Gasteiger partial charge in [0.2, 0.25) is 0 Å². The summed E-state index contributed by atoms with van der Waals surface area (Å²) in [5.74, 6) is 0.989. The van der Waals surface area contributed by atoms with E-state index in [4.69, 9.17) is 4.74 Å². The van der Waals surface area contributed by atoms with E-state index in [1.807, 2.05) is 23.1 Å². The number of benzene rings is 2. The highest BCUT2D eigenvalue weighted by Gasteiger charge is 2.31. The Hall–Kier alpha value is -2.49. The van der Waals surface area contributed by atoms with Crippen LogP contribution >= 0.6 is 0 Å². The van der Waals surface area contributed by atoms with Crippen LogP contribution in [0.25, 0.3) is 0 Å². The zero-order valence-corrected chi connectivity index (χ0v) is 14.9. The van der Waals surface area contributed by atoms with Gasteiger partial charge in [-0.25, -0.2) is 0 Å². The van der Waals surface area contributed by atoms with Crippen LogP contribution in [0.3, 0.4) is 0 Å². The van der Waals surface area contributed by atoms with Crippen molar-refractivity contribution >= 4 is 11.6 Å². The summed E-state index contributed by atoms with van der Waals surface area (Å²) in [5.41, 5.74) is 4.52. The molecule has 0 spiro atoms. The Morgan fingerprint density at radius 3 is 2.68 bits per heavy atom. The van der Waals surface area contributed by atoms with E-state index >= 15 is 0 Å². The van der Waals surface area contributed by atoms with E-state index in [9.17, 15) is 4.79 Å². The molecule has 0 radical (unpaired) electrons. The van der Waals surface area contributed by atoms with Gasteiger partial charge in [0.25, 0.3) is 5.91 Å². The summed E-state index contributed by atoms with van der Waals surface area (Å²) in [6.07, 6.45) is 3.13. The van der Waals surface area contributed by atoms with Crippen molar-refractivity contribution in [1.29, 1.82) is 0 Å². The minimum absolute atomic E-state index is 0.140. The lowest BCUT2D eigenvalue weighted by molar-refractivity contribution is 0.0735. The Morgan fingerprint density at radius 1 is 1.12 bits per heavy atom. The molecule has 1 atom stereocenters. The minimum Gasteiger partial charge on any atom is -0.497 e. The number of nitrogens with zero attached hydrogens (tertiary/aromatic N) is 2. The largest absolute Gasteiger partial charge is 0.497 e. The molecule has 1 amide bonds. The van der Waals surface area contributed by atoms with Gasteiger partial charge >= 0.3 is 0 Å². The number of likely N-dealkylation sites (N-methyl/N-ethyl adjacent to an activating group) is 1. The molecule has 1 saturated heterocycles. The summed E-state index contributed by atoms with van der Waals surface area (Å²) >= 11 is 0. The number of hydrogen-bond acceptors (Lipinski definition) is 3. The first kappa shape index (κ1) is 16.0. The number of fused-ring (bicyclic) bond motifs is 1. The van der Waals surface area contributed by atoms with Crippen LogP contribution in [0, 0.1) is 0 Å². The minimum atomic E-state index is 0.140. The topological polar surface area (TPSA) is 32.8 Å². The fourth-order valence-corrected chi connectivity index (χ4v) is 4.02. The first-order valence-corrected chi connectivity index (χ1v) is 8.96. The normalized spacial score (nSPS) is 19.2. The Morgan fingerprint density at radius 2 is 1.92 bits per heavy atom. The van der Waals surface area contributed by atoms with Crippen molar-refractivity contribution in [2.75, 3.05) is 32.1 Å². The van der Waals surface area contributed by atoms with E-state index in [1.165, 1.54) is 16.8 Å². The molecule has 2 aliphatic heterocycles. The number of carbonyl (C=O) groups is 1. The summed E-state index contributed by atoms with van der Waals surface area (Å²) in [7, 11) is 3.77. The lowest BCUT2D eigenvalue weighted by atomic mass is 10.0. The van der Waals surface area contributed by atoms with Gasteiger partial charge in [0.05, 0.1) is 13.2 Å². The molecule has 0 saturated carbocycles. The molecule has 0 aromatic heterocycles. The molecule has 2 heterocycles. The van der Waals surface area contributed by atoms with Gasteiger partial charge < -0.3 is 14.5 Å². The molecule has 2 aromatic rings. The number of anilines is 1. The monoisotopic (exact) mass is 336 g/mol. The maximum Gasteiger partial charge on any atom is 0.254 e. The maximum atomic E-state index is 13.1. The predicted octanol–water partition coefficient (Wildman–Crippen LogP) is 3.66.